The molecule has 0 aliphatic carbocycles. The van der Waals surface area contributed by atoms with E-state index in [1.54, 1.807) is 0 Å². The van der Waals surface area contributed by atoms with E-state index in [4.69, 9.17) is 5.41 Å². The Labute approximate surface area is 122 Å². The molecule has 0 fully saturated rings. The monoisotopic (exact) mass is 265 g/mol. The van der Waals surface area contributed by atoms with Crippen molar-refractivity contribution in [3.63, 3.8) is 0 Å². The van der Waals surface area contributed by atoms with Crippen molar-refractivity contribution in [3.8, 4) is 0 Å². The van der Waals surface area contributed by atoms with Crippen LogP contribution in [0.3, 0.4) is 0 Å². The van der Waals surface area contributed by atoms with Gasteiger partial charge in [-0.1, -0.05) is 55.5 Å². The Balaban J connectivity index is 2.25. The van der Waals surface area contributed by atoms with E-state index < -0.39 is 0 Å². The molecule has 1 heteroatoms. The van der Waals surface area contributed by atoms with E-state index >= 15 is 0 Å². The molecule has 0 saturated carbocycles. The van der Waals surface area contributed by atoms with E-state index in [0.717, 1.165) is 18.6 Å². The van der Waals surface area contributed by atoms with Crippen molar-refractivity contribution in [1.82, 2.24) is 0 Å². The van der Waals surface area contributed by atoms with Gasteiger partial charge in [0, 0.05) is 12.1 Å². The van der Waals surface area contributed by atoms with Crippen LogP contribution >= 0.6 is 0 Å². The van der Waals surface area contributed by atoms with Crippen molar-refractivity contribution in [1.29, 1.82) is 5.41 Å². The van der Waals surface area contributed by atoms with Crippen molar-refractivity contribution >= 4 is 5.71 Å². The highest BCUT2D eigenvalue weighted by Gasteiger charge is 2.11. The predicted molar refractivity (Wildman–Crippen MR) is 86.8 cm³/mol. The minimum absolute atomic E-state index is 0.503. The molecule has 2 rings (SSSR count). The van der Waals surface area contributed by atoms with E-state index in [1.807, 2.05) is 6.92 Å². The molecule has 0 spiro atoms. The molecule has 2 aromatic rings. The summed E-state index contributed by atoms with van der Waals surface area (Å²) in [6.07, 6.45) is 1.80. The summed E-state index contributed by atoms with van der Waals surface area (Å²) < 4.78 is 0. The fraction of sp³-hybridized carbons (Fsp3) is 0.316. The molecule has 0 unspecified atom stereocenters. The van der Waals surface area contributed by atoms with Gasteiger partial charge in [-0.3, -0.25) is 0 Å². The van der Waals surface area contributed by atoms with Crippen LogP contribution in [0.4, 0.5) is 0 Å². The van der Waals surface area contributed by atoms with E-state index in [0.29, 0.717) is 5.92 Å². The largest absolute Gasteiger partial charge is 0.310 e. The fourth-order valence-corrected chi connectivity index (χ4v) is 2.70. The zero-order valence-electron chi connectivity index (χ0n) is 12.6. The first-order chi connectivity index (χ1) is 9.58. The molecule has 20 heavy (non-hydrogen) atoms. The van der Waals surface area contributed by atoms with Crippen LogP contribution in [-0.4, -0.2) is 5.71 Å². The van der Waals surface area contributed by atoms with Crippen molar-refractivity contribution in [2.45, 2.75) is 39.5 Å². The molecule has 0 aliphatic heterocycles. The summed E-state index contributed by atoms with van der Waals surface area (Å²) in [6, 6.07) is 17.1. The minimum Gasteiger partial charge on any atom is -0.310 e. The molecule has 1 N–H and O–H groups in total. The van der Waals surface area contributed by atoms with Crippen molar-refractivity contribution in [2.75, 3.05) is 0 Å². The van der Waals surface area contributed by atoms with Crippen LogP contribution in [0.2, 0.25) is 0 Å². The van der Waals surface area contributed by atoms with Crippen molar-refractivity contribution in [2.24, 2.45) is 0 Å². The zero-order valence-corrected chi connectivity index (χ0v) is 12.6. The van der Waals surface area contributed by atoms with Gasteiger partial charge in [-0.2, -0.15) is 0 Å². The summed E-state index contributed by atoms with van der Waals surface area (Å²) in [5.41, 5.74) is 6.13. The van der Waals surface area contributed by atoms with Crippen LogP contribution in [0, 0.1) is 12.3 Å². The summed E-state index contributed by atoms with van der Waals surface area (Å²) in [4.78, 5) is 0. The SMILES string of the molecule is CC(=N)Cc1c(C)cccc1C[C@H](C)c1ccccc1. The summed E-state index contributed by atoms with van der Waals surface area (Å²) in [6.45, 7) is 6.31. The van der Waals surface area contributed by atoms with Gasteiger partial charge < -0.3 is 5.41 Å². The van der Waals surface area contributed by atoms with Crippen molar-refractivity contribution in [3.05, 3.63) is 70.8 Å². The summed E-state index contributed by atoms with van der Waals surface area (Å²) in [7, 11) is 0. The van der Waals surface area contributed by atoms with Gasteiger partial charge in [-0.05, 0) is 48.4 Å². The third-order valence-corrected chi connectivity index (χ3v) is 3.84. The normalized spacial score (nSPS) is 12.2. The van der Waals surface area contributed by atoms with E-state index in [2.05, 4.69) is 62.4 Å². The fourth-order valence-electron chi connectivity index (χ4n) is 2.70. The predicted octanol–water partition coefficient (Wildman–Crippen LogP) is 4.92. The average Bonchev–Trinajstić information content (AvgIpc) is 2.43. The lowest BCUT2D eigenvalue weighted by Gasteiger charge is -2.17. The second-order valence-electron chi connectivity index (χ2n) is 5.69. The van der Waals surface area contributed by atoms with Crippen LogP contribution in [0.1, 0.15) is 42.0 Å². The molecule has 1 nitrogen and oxygen atoms in total. The standard InChI is InChI=1S/C19H23N/c1-14-8-7-11-18(19(14)13-16(3)20)12-15(2)17-9-5-4-6-10-17/h4-11,15,20H,12-13H2,1-3H3/t15-/m0/s1. The topological polar surface area (TPSA) is 23.9 Å². The van der Waals surface area contributed by atoms with Gasteiger partial charge in [0.15, 0.2) is 0 Å². The number of rotatable bonds is 5. The molecule has 0 saturated heterocycles. The average molecular weight is 265 g/mol. The molecule has 0 bridgehead atoms. The van der Waals surface area contributed by atoms with Gasteiger partial charge >= 0.3 is 0 Å². The summed E-state index contributed by atoms with van der Waals surface area (Å²) >= 11 is 0. The molecule has 104 valence electrons. The van der Waals surface area contributed by atoms with E-state index in [9.17, 15) is 0 Å². The van der Waals surface area contributed by atoms with Gasteiger partial charge in [0.05, 0.1) is 0 Å². The van der Waals surface area contributed by atoms with Gasteiger partial charge in [0.2, 0.25) is 0 Å². The second-order valence-corrected chi connectivity index (χ2v) is 5.69. The Morgan fingerprint density at radius 1 is 1.05 bits per heavy atom. The highest BCUT2D eigenvalue weighted by Crippen LogP contribution is 2.24. The Hall–Kier alpha value is -1.89. The molecule has 0 aliphatic rings. The van der Waals surface area contributed by atoms with Crippen LogP contribution in [0.5, 0.6) is 0 Å². The van der Waals surface area contributed by atoms with Crippen LogP contribution in [-0.2, 0) is 12.8 Å². The maximum Gasteiger partial charge on any atom is 0.0104 e. The minimum atomic E-state index is 0.503. The van der Waals surface area contributed by atoms with E-state index in [-0.39, 0.29) is 0 Å². The third-order valence-electron chi connectivity index (χ3n) is 3.84. The number of hydrogen-bond donors (Lipinski definition) is 1. The lowest BCUT2D eigenvalue weighted by Crippen LogP contribution is -2.06. The van der Waals surface area contributed by atoms with Crippen LogP contribution in [0.25, 0.3) is 0 Å². The Morgan fingerprint density at radius 2 is 1.75 bits per heavy atom. The first-order valence-corrected chi connectivity index (χ1v) is 7.24. The molecule has 2 aromatic carbocycles. The maximum atomic E-state index is 7.77. The number of benzene rings is 2. The van der Waals surface area contributed by atoms with E-state index in [1.165, 1.54) is 22.3 Å². The lowest BCUT2D eigenvalue weighted by molar-refractivity contribution is 0.753. The quantitative estimate of drug-likeness (QED) is 0.742. The Kier molecular flexibility index (Phi) is 4.73. The molecule has 0 radical (unpaired) electrons. The molecular formula is C19H23N. The Bertz CT molecular complexity index is 584. The number of nitrogens with one attached hydrogen (secondary N) is 1. The Morgan fingerprint density at radius 3 is 2.40 bits per heavy atom. The molecule has 0 heterocycles. The first-order valence-electron chi connectivity index (χ1n) is 7.24. The van der Waals surface area contributed by atoms with Crippen molar-refractivity contribution < 1.29 is 0 Å². The van der Waals surface area contributed by atoms with Gasteiger partial charge in [-0.15, -0.1) is 0 Å². The van der Waals surface area contributed by atoms with Gasteiger partial charge in [0.1, 0.15) is 0 Å². The number of aryl methyl sites for hydroxylation is 1. The third kappa shape index (κ3) is 3.57. The summed E-state index contributed by atoms with van der Waals surface area (Å²) in [5.74, 6) is 0.503. The highest BCUT2D eigenvalue weighted by molar-refractivity contribution is 5.81. The zero-order chi connectivity index (χ0) is 14.5. The summed E-state index contributed by atoms with van der Waals surface area (Å²) in [5, 5.41) is 7.77. The van der Waals surface area contributed by atoms with Crippen LogP contribution in [0.15, 0.2) is 48.5 Å². The molecule has 0 amide bonds. The lowest BCUT2D eigenvalue weighted by atomic mass is 9.88. The second kappa shape index (κ2) is 6.51. The molecule has 0 aromatic heterocycles. The van der Waals surface area contributed by atoms with Crippen LogP contribution < -0.4 is 0 Å². The number of hydrogen-bond acceptors (Lipinski definition) is 1. The highest BCUT2D eigenvalue weighted by atomic mass is 14.4. The molecular weight excluding hydrogens is 242 g/mol. The smallest absolute Gasteiger partial charge is 0.0104 e. The van der Waals surface area contributed by atoms with Gasteiger partial charge in [0.25, 0.3) is 0 Å². The first kappa shape index (κ1) is 14.5. The maximum absolute atomic E-state index is 7.77. The molecule has 1 atom stereocenters. The van der Waals surface area contributed by atoms with Gasteiger partial charge in [-0.25, -0.2) is 0 Å².